The highest BCUT2D eigenvalue weighted by Crippen LogP contribution is 2.23. The van der Waals surface area contributed by atoms with Gasteiger partial charge < -0.3 is 5.11 Å². The van der Waals surface area contributed by atoms with Crippen LogP contribution in [0.4, 0.5) is 0 Å². The lowest BCUT2D eigenvalue weighted by Gasteiger charge is -2.15. The molecule has 0 aliphatic heterocycles. The number of hydrogen-bond donors (Lipinski definition) is 1. The lowest BCUT2D eigenvalue weighted by atomic mass is 9.95. The van der Waals surface area contributed by atoms with Crippen molar-refractivity contribution in [2.24, 2.45) is 0 Å². The van der Waals surface area contributed by atoms with Crippen LogP contribution in [-0.2, 0) is 6.42 Å². The van der Waals surface area contributed by atoms with Crippen LogP contribution in [0.15, 0.2) is 36.4 Å². The predicted molar refractivity (Wildman–Crippen MR) is 80.5 cm³/mol. The second-order valence-corrected chi connectivity index (χ2v) is 5.50. The molecule has 0 heterocycles. The number of rotatable bonds is 3. The Morgan fingerprint density at radius 1 is 0.842 bits per heavy atom. The Balaban J connectivity index is 2.22. The van der Waals surface area contributed by atoms with Crippen LogP contribution in [0.25, 0.3) is 0 Å². The van der Waals surface area contributed by atoms with E-state index in [1.54, 1.807) is 0 Å². The minimum Gasteiger partial charge on any atom is -0.388 e. The first-order chi connectivity index (χ1) is 8.97. The highest BCUT2D eigenvalue weighted by Gasteiger charge is 2.11. The summed E-state index contributed by atoms with van der Waals surface area (Å²) in [5.41, 5.74) is 7.16. The van der Waals surface area contributed by atoms with Crippen molar-refractivity contribution >= 4 is 0 Å². The van der Waals surface area contributed by atoms with Crippen molar-refractivity contribution in [2.45, 2.75) is 40.2 Å². The summed E-state index contributed by atoms with van der Waals surface area (Å²) in [6.07, 6.45) is 0.243. The lowest BCUT2D eigenvalue weighted by molar-refractivity contribution is 0.177. The SMILES string of the molecule is Cc1ccc(C)c(C(O)Cc2ccc(C)c(C)c2)c1. The van der Waals surface area contributed by atoms with Gasteiger partial charge in [-0.25, -0.2) is 0 Å². The predicted octanol–water partition coefficient (Wildman–Crippen LogP) is 4.20. The molecule has 0 spiro atoms. The first-order valence-electron chi connectivity index (χ1n) is 6.78. The number of hydrogen-bond acceptors (Lipinski definition) is 1. The van der Waals surface area contributed by atoms with Crippen molar-refractivity contribution in [3.05, 3.63) is 69.8 Å². The molecule has 1 unspecified atom stereocenters. The van der Waals surface area contributed by atoms with Gasteiger partial charge in [0.05, 0.1) is 6.10 Å². The molecule has 0 aromatic heterocycles. The molecule has 0 bridgehead atoms. The van der Waals surface area contributed by atoms with Crippen LogP contribution in [-0.4, -0.2) is 5.11 Å². The van der Waals surface area contributed by atoms with Crippen molar-refractivity contribution in [2.75, 3.05) is 0 Å². The average Bonchev–Trinajstić information content (AvgIpc) is 2.36. The van der Waals surface area contributed by atoms with E-state index < -0.39 is 6.10 Å². The molecule has 1 nitrogen and oxygen atoms in total. The summed E-state index contributed by atoms with van der Waals surface area (Å²) in [5, 5.41) is 10.4. The van der Waals surface area contributed by atoms with Gasteiger partial charge in [0.1, 0.15) is 0 Å². The third kappa shape index (κ3) is 3.24. The first-order valence-corrected chi connectivity index (χ1v) is 6.78. The Labute approximate surface area is 115 Å². The number of aliphatic hydroxyl groups excluding tert-OH is 1. The zero-order valence-corrected chi connectivity index (χ0v) is 12.2. The van der Waals surface area contributed by atoms with E-state index in [9.17, 15) is 5.11 Å². The molecule has 100 valence electrons. The fraction of sp³-hybridized carbons (Fsp3) is 0.333. The molecule has 19 heavy (non-hydrogen) atoms. The molecule has 0 radical (unpaired) electrons. The molecule has 1 atom stereocenters. The molecular weight excluding hydrogens is 232 g/mol. The van der Waals surface area contributed by atoms with Gasteiger partial charge >= 0.3 is 0 Å². The third-order valence-corrected chi connectivity index (χ3v) is 3.79. The molecule has 0 aliphatic carbocycles. The number of aliphatic hydroxyl groups is 1. The summed E-state index contributed by atoms with van der Waals surface area (Å²) in [6.45, 7) is 8.34. The molecule has 0 aliphatic rings. The molecule has 2 rings (SSSR count). The Bertz CT molecular complexity index is 584. The summed E-state index contributed by atoms with van der Waals surface area (Å²) in [4.78, 5) is 0. The molecule has 0 amide bonds. The van der Waals surface area contributed by atoms with Crippen LogP contribution in [0, 0.1) is 27.7 Å². The third-order valence-electron chi connectivity index (χ3n) is 3.79. The van der Waals surface area contributed by atoms with Crippen LogP contribution in [0.1, 0.15) is 39.5 Å². The van der Waals surface area contributed by atoms with E-state index >= 15 is 0 Å². The van der Waals surface area contributed by atoms with Gasteiger partial charge in [0, 0.05) is 6.42 Å². The highest BCUT2D eigenvalue weighted by molar-refractivity contribution is 5.35. The maximum Gasteiger partial charge on any atom is 0.0833 e. The Hall–Kier alpha value is -1.60. The summed E-state index contributed by atoms with van der Waals surface area (Å²) < 4.78 is 0. The molecule has 2 aromatic rings. The van der Waals surface area contributed by atoms with Crippen molar-refractivity contribution in [3.8, 4) is 0 Å². The summed E-state index contributed by atoms with van der Waals surface area (Å²) in [5.74, 6) is 0. The van der Waals surface area contributed by atoms with E-state index in [-0.39, 0.29) is 0 Å². The van der Waals surface area contributed by atoms with E-state index in [2.05, 4.69) is 64.1 Å². The molecule has 1 N–H and O–H groups in total. The van der Waals surface area contributed by atoms with Gasteiger partial charge in [-0.15, -0.1) is 0 Å². The number of benzene rings is 2. The minimum atomic E-state index is -0.429. The summed E-state index contributed by atoms with van der Waals surface area (Å²) in [7, 11) is 0. The monoisotopic (exact) mass is 254 g/mol. The van der Waals surface area contributed by atoms with E-state index in [1.807, 2.05) is 0 Å². The van der Waals surface area contributed by atoms with Crippen LogP contribution in [0.2, 0.25) is 0 Å². The second kappa shape index (κ2) is 5.58. The van der Waals surface area contributed by atoms with Gasteiger partial charge in [0.25, 0.3) is 0 Å². The van der Waals surface area contributed by atoms with E-state index in [0.717, 1.165) is 11.1 Å². The molecule has 0 saturated heterocycles. The molecule has 0 fully saturated rings. The zero-order valence-electron chi connectivity index (χ0n) is 12.2. The quantitative estimate of drug-likeness (QED) is 0.870. The Morgan fingerprint density at radius 2 is 1.53 bits per heavy atom. The van der Waals surface area contributed by atoms with Crippen molar-refractivity contribution < 1.29 is 5.11 Å². The molecule has 0 saturated carbocycles. The van der Waals surface area contributed by atoms with Crippen LogP contribution in [0.3, 0.4) is 0 Å². The van der Waals surface area contributed by atoms with Crippen LogP contribution >= 0.6 is 0 Å². The van der Waals surface area contributed by atoms with Gasteiger partial charge in [-0.3, -0.25) is 0 Å². The summed E-state index contributed by atoms with van der Waals surface area (Å²) in [6, 6.07) is 12.7. The normalized spacial score (nSPS) is 12.5. The molecule has 1 heteroatoms. The maximum atomic E-state index is 10.4. The Morgan fingerprint density at radius 3 is 2.21 bits per heavy atom. The maximum absolute atomic E-state index is 10.4. The molecule has 2 aromatic carbocycles. The minimum absolute atomic E-state index is 0.429. The fourth-order valence-corrected chi connectivity index (χ4v) is 2.38. The van der Waals surface area contributed by atoms with E-state index in [0.29, 0.717) is 6.42 Å². The van der Waals surface area contributed by atoms with Crippen molar-refractivity contribution in [3.63, 3.8) is 0 Å². The standard InChI is InChI=1S/C18H22O/c1-12-5-6-14(3)17(9-12)18(19)11-16-8-7-13(2)15(4)10-16/h5-10,18-19H,11H2,1-4H3. The smallest absolute Gasteiger partial charge is 0.0833 e. The van der Waals surface area contributed by atoms with Gasteiger partial charge in [0.15, 0.2) is 0 Å². The van der Waals surface area contributed by atoms with Crippen molar-refractivity contribution in [1.82, 2.24) is 0 Å². The van der Waals surface area contributed by atoms with Gasteiger partial charge in [-0.05, 0) is 55.5 Å². The van der Waals surface area contributed by atoms with Gasteiger partial charge in [-0.2, -0.15) is 0 Å². The summed E-state index contributed by atoms with van der Waals surface area (Å²) >= 11 is 0. The largest absolute Gasteiger partial charge is 0.388 e. The first kappa shape index (κ1) is 13.8. The highest BCUT2D eigenvalue weighted by atomic mass is 16.3. The van der Waals surface area contributed by atoms with Crippen LogP contribution < -0.4 is 0 Å². The van der Waals surface area contributed by atoms with Crippen molar-refractivity contribution in [1.29, 1.82) is 0 Å². The topological polar surface area (TPSA) is 20.2 Å². The molecular formula is C18H22O. The number of aryl methyl sites for hydroxylation is 4. The Kier molecular flexibility index (Phi) is 4.06. The fourth-order valence-electron chi connectivity index (χ4n) is 2.38. The zero-order chi connectivity index (χ0) is 14.0. The second-order valence-electron chi connectivity index (χ2n) is 5.50. The van der Waals surface area contributed by atoms with E-state index in [4.69, 9.17) is 0 Å². The van der Waals surface area contributed by atoms with E-state index in [1.165, 1.54) is 22.3 Å². The van der Waals surface area contributed by atoms with Crippen LogP contribution in [0.5, 0.6) is 0 Å². The lowest BCUT2D eigenvalue weighted by Crippen LogP contribution is -2.04. The average molecular weight is 254 g/mol. The van der Waals surface area contributed by atoms with Gasteiger partial charge in [0.2, 0.25) is 0 Å². The van der Waals surface area contributed by atoms with Gasteiger partial charge in [-0.1, -0.05) is 42.0 Å².